The number of nitrogens with one attached hydrogen (secondary N) is 2. The summed E-state index contributed by atoms with van der Waals surface area (Å²) >= 11 is 0. The van der Waals surface area contributed by atoms with E-state index in [2.05, 4.69) is 25.6 Å². The molecule has 4 rings (SSSR count). The van der Waals surface area contributed by atoms with Crippen molar-refractivity contribution in [2.24, 2.45) is 0 Å². The molecule has 27 heavy (non-hydrogen) atoms. The van der Waals surface area contributed by atoms with Crippen LogP contribution in [-0.2, 0) is 6.54 Å². The Morgan fingerprint density at radius 2 is 2.33 bits per heavy atom. The molecule has 9 heteroatoms. The van der Waals surface area contributed by atoms with Gasteiger partial charge in [-0.25, -0.2) is 14.2 Å². The van der Waals surface area contributed by atoms with Gasteiger partial charge in [-0.1, -0.05) is 12.1 Å². The van der Waals surface area contributed by atoms with Crippen molar-refractivity contribution in [2.75, 3.05) is 18.4 Å². The zero-order valence-corrected chi connectivity index (χ0v) is 14.7. The Morgan fingerprint density at radius 1 is 1.41 bits per heavy atom. The number of likely N-dealkylation sites (tertiary alicyclic amines) is 1. The molecular formula is C18H20FN7O. The van der Waals surface area contributed by atoms with E-state index in [0.29, 0.717) is 25.3 Å². The maximum atomic E-state index is 13.3. The quantitative estimate of drug-likeness (QED) is 0.739. The zero-order chi connectivity index (χ0) is 18.6. The van der Waals surface area contributed by atoms with Crippen molar-refractivity contribution in [1.29, 1.82) is 0 Å². The molecule has 1 saturated heterocycles. The maximum absolute atomic E-state index is 13.3. The van der Waals surface area contributed by atoms with Crippen molar-refractivity contribution < 1.29 is 9.18 Å². The Balaban J connectivity index is 1.36. The van der Waals surface area contributed by atoms with Gasteiger partial charge in [0.1, 0.15) is 18.0 Å². The maximum Gasteiger partial charge on any atom is 0.321 e. The molecule has 0 unspecified atom stereocenters. The SMILES string of the molecule is O=C(Nc1cnn(Cc2cccc(F)c2)c1)N1CCC[C@H](c2ncn[nH]2)C1. The van der Waals surface area contributed by atoms with Gasteiger partial charge in [-0.2, -0.15) is 10.2 Å². The molecule has 1 fully saturated rings. The van der Waals surface area contributed by atoms with Crippen LogP contribution in [0.25, 0.3) is 0 Å². The Kier molecular flexibility index (Phi) is 4.82. The molecule has 0 aliphatic carbocycles. The molecule has 0 bridgehead atoms. The summed E-state index contributed by atoms with van der Waals surface area (Å²) in [5, 5.41) is 13.9. The molecule has 2 amide bonds. The molecule has 2 aromatic heterocycles. The van der Waals surface area contributed by atoms with E-state index >= 15 is 0 Å². The average molecular weight is 369 g/mol. The first-order valence-corrected chi connectivity index (χ1v) is 8.85. The molecule has 1 aliphatic heterocycles. The van der Waals surface area contributed by atoms with Crippen LogP contribution in [0.1, 0.15) is 30.1 Å². The molecule has 1 aromatic carbocycles. The summed E-state index contributed by atoms with van der Waals surface area (Å²) < 4.78 is 14.9. The fourth-order valence-corrected chi connectivity index (χ4v) is 3.34. The molecule has 1 atom stereocenters. The van der Waals surface area contributed by atoms with E-state index < -0.39 is 0 Å². The monoisotopic (exact) mass is 369 g/mol. The number of aromatic nitrogens is 5. The number of benzene rings is 1. The lowest BCUT2D eigenvalue weighted by Gasteiger charge is -2.31. The number of aromatic amines is 1. The topological polar surface area (TPSA) is 91.7 Å². The van der Waals surface area contributed by atoms with E-state index in [1.165, 1.54) is 18.5 Å². The third-order valence-corrected chi connectivity index (χ3v) is 4.65. The van der Waals surface area contributed by atoms with Crippen LogP contribution in [0.3, 0.4) is 0 Å². The minimum absolute atomic E-state index is 0.162. The molecule has 1 aliphatic rings. The number of urea groups is 1. The summed E-state index contributed by atoms with van der Waals surface area (Å²) in [5.74, 6) is 0.706. The lowest BCUT2D eigenvalue weighted by Crippen LogP contribution is -2.41. The molecule has 0 spiro atoms. The number of halogens is 1. The molecule has 140 valence electrons. The van der Waals surface area contributed by atoms with Gasteiger partial charge >= 0.3 is 6.03 Å². The van der Waals surface area contributed by atoms with Crippen LogP contribution < -0.4 is 5.32 Å². The molecule has 3 heterocycles. The van der Waals surface area contributed by atoms with Gasteiger partial charge in [-0.05, 0) is 30.5 Å². The zero-order valence-electron chi connectivity index (χ0n) is 14.7. The second-order valence-corrected chi connectivity index (χ2v) is 6.64. The Hall–Kier alpha value is -3.23. The minimum atomic E-state index is -0.278. The number of piperidine rings is 1. The van der Waals surface area contributed by atoms with Crippen LogP contribution in [-0.4, -0.2) is 49.0 Å². The molecular weight excluding hydrogens is 349 g/mol. The number of anilines is 1. The smallest absolute Gasteiger partial charge is 0.321 e. The average Bonchev–Trinajstić information content (AvgIpc) is 3.34. The number of H-pyrrole nitrogens is 1. The first-order valence-electron chi connectivity index (χ1n) is 8.85. The number of carbonyl (C=O) groups excluding carboxylic acids is 1. The van der Waals surface area contributed by atoms with Crippen LogP contribution in [0.5, 0.6) is 0 Å². The highest BCUT2D eigenvalue weighted by Crippen LogP contribution is 2.24. The first-order chi connectivity index (χ1) is 13.2. The molecule has 0 radical (unpaired) electrons. The van der Waals surface area contributed by atoms with Crippen molar-refractivity contribution in [3.8, 4) is 0 Å². The van der Waals surface area contributed by atoms with Gasteiger partial charge in [-0.3, -0.25) is 9.78 Å². The summed E-state index contributed by atoms with van der Waals surface area (Å²) in [6.07, 6.45) is 6.71. The van der Waals surface area contributed by atoms with Crippen molar-refractivity contribution in [1.82, 2.24) is 29.9 Å². The van der Waals surface area contributed by atoms with E-state index in [0.717, 1.165) is 24.2 Å². The Morgan fingerprint density at radius 3 is 3.15 bits per heavy atom. The van der Waals surface area contributed by atoms with Crippen LogP contribution in [0.15, 0.2) is 43.0 Å². The molecule has 3 aromatic rings. The van der Waals surface area contributed by atoms with Crippen molar-refractivity contribution in [3.05, 3.63) is 60.2 Å². The largest absolute Gasteiger partial charge is 0.324 e. The standard InChI is InChI=1S/C18H20FN7O/c19-15-5-1-3-13(7-15)9-26-11-16(8-22-26)23-18(27)25-6-2-4-14(10-25)17-20-12-21-24-17/h1,3,5,7-8,11-12,14H,2,4,6,9-10H2,(H,23,27)(H,20,21,24)/t14-/m0/s1. The van der Waals surface area contributed by atoms with E-state index in [-0.39, 0.29) is 17.8 Å². The summed E-state index contributed by atoms with van der Waals surface area (Å²) in [4.78, 5) is 18.6. The van der Waals surface area contributed by atoms with Gasteiger partial charge in [-0.15, -0.1) is 0 Å². The van der Waals surface area contributed by atoms with Crippen LogP contribution in [0, 0.1) is 5.82 Å². The molecule has 8 nitrogen and oxygen atoms in total. The third kappa shape index (κ3) is 4.13. The van der Waals surface area contributed by atoms with Gasteiger partial charge in [0, 0.05) is 25.2 Å². The highest BCUT2D eigenvalue weighted by molar-refractivity contribution is 5.89. The van der Waals surface area contributed by atoms with Gasteiger partial charge in [0.05, 0.1) is 18.4 Å². The van der Waals surface area contributed by atoms with Crippen molar-refractivity contribution >= 4 is 11.7 Å². The third-order valence-electron chi connectivity index (χ3n) is 4.65. The Labute approximate surface area is 155 Å². The van der Waals surface area contributed by atoms with Gasteiger partial charge in [0.25, 0.3) is 0 Å². The second kappa shape index (κ2) is 7.56. The van der Waals surface area contributed by atoms with Crippen LogP contribution in [0.4, 0.5) is 14.9 Å². The highest BCUT2D eigenvalue weighted by atomic mass is 19.1. The number of hydrogen-bond donors (Lipinski definition) is 2. The Bertz CT molecular complexity index is 908. The lowest BCUT2D eigenvalue weighted by molar-refractivity contribution is 0.191. The van der Waals surface area contributed by atoms with Crippen LogP contribution >= 0.6 is 0 Å². The number of amides is 2. The van der Waals surface area contributed by atoms with E-state index in [9.17, 15) is 9.18 Å². The summed E-state index contributed by atoms with van der Waals surface area (Å²) in [6, 6.07) is 6.21. The first kappa shape index (κ1) is 17.2. The van der Waals surface area contributed by atoms with E-state index in [1.807, 2.05) is 6.07 Å². The molecule has 2 N–H and O–H groups in total. The van der Waals surface area contributed by atoms with E-state index in [1.54, 1.807) is 28.0 Å². The second-order valence-electron chi connectivity index (χ2n) is 6.64. The normalized spacial score (nSPS) is 17.1. The fraction of sp³-hybridized carbons (Fsp3) is 0.333. The highest BCUT2D eigenvalue weighted by Gasteiger charge is 2.26. The van der Waals surface area contributed by atoms with Gasteiger partial charge in [0.15, 0.2) is 0 Å². The summed E-state index contributed by atoms with van der Waals surface area (Å²) in [5.41, 5.74) is 1.42. The van der Waals surface area contributed by atoms with Crippen molar-refractivity contribution in [2.45, 2.75) is 25.3 Å². The number of hydrogen-bond acceptors (Lipinski definition) is 4. The predicted octanol–water partition coefficient (Wildman–Crippen LogP) is 2.60. The number of rotatable bonds is 4. The summed E-state index contributed by atoms with van der Waals surface area (Å²) in [6.45, 7) is 1.73. The summed E-state index contributed by atoms with van der Waals surface area (Å²) in [7, 11) is 0. The number of carbonyl (C=O) groups is 1. The minimum Gasteiger partial charge on any atom is -0.324 e. The lowest BCUT2D eigenvalue weighted by atomic mass is 9.98. The van der Waals surface area contributed by atoms with Crippen molar-refractivity contribution in [3.63, 3.8) is 0 Å². The van der Waals surface area contributed by atoms with Gasteiger partial charge < -0.3 is 10.2 Å². The van der Waals surface area contributed by atoms with E-state index in [4.69, 9.17) is 0 Å². The van der Waals surface area contributed by atoms with Crippen LogP contribution in [0.2, 0.25) is 0 Å². The predicted molar refractivity (Wildman–Crippen MR) is 96.7 cm³/mol. The fourth-order valence-electron chi connectivity index (χ4n) is 3.34. The number of nitrogens with zero attached hydrogens (tertiary/aromatic N) is 5. The van der Waals surface area contributed by atoms with Gasteiger partial charge in [0.2, 0.25) is 0 Å². The molecule has 0 saturated carbocycles.